The number of nitrogens with zero attached hydrogens (tertiary/aromatic N) is 3. The van der Waals surface area contributed by atoms with E-state index in [4.69, 9.17) is 14.6 Å². The van der Waals surface area contributed by atoms with Crippen molar-refractivity contribution in [2.75, 3.05) is 17.7 Å². The summed E-state index contributed by atoms with van der Waals surface area (Å²) in [6, 6.07) is 13.8. The minimum atomic E-state index is -0.565. The first kappa shape index (κ1) is 28.2. The van der Waals surface area contributed by atoms with Crippen LogP contribution >= 0.6 is 27.7 Å². The van der Waals surface area contributed by atoms with Gasteiger partial charge in [-0.3, -0.25) is 0 Å². The average Bonchev–Trinajstić information content (AvgIpc) is 3.27. The van der Waals surface area contributed by atoms with Crippen molar-refractivity contribution < 1.29 is 14.3 Å². The van der Waals surface area contributed by atoms with Gasteiger partial charge in [-0.1, -0.05) is 86.6 Å². The summed E-state index contributed by atoms with van der Waals surface area (Å²) in [6.45, 7) is 13.2. The molecule has 1 aromatic heterocycles. The number of halogens is 1. The van der Waals surface area contributed by atoms with E-state index in [1.54, 1.807) is 16.4 Å². The quantitative estimate of drug-likeness (QED) is 0.205. The monoisotopic (exact) mass is 598 g/mol. The van der Waals surface area contributed by atoms with Crippen molar-refractivity contribution >= 4 is 39.6 Å². The number of carbonyl (C=O) groups excluding carboxylic acids is 1. The molecule has 2 heterocycles. The van der Waals surface area contributed by atoms with Gasteiger partial charge in [-0.15, -0.1) is 5.10 Å². The fourth-order valence-corrected chi connectivity index (χ4v) is 5.21. The van der Waals surface area contributed by atoms with E-state index < -0.39 is 6.04 Å². The Bertz CT molecular complexity index is 1330. The summed E-state index contributed by atoms with van der Waals surface area (Å²) < 4.78 is 14.6. The van der Waals surface area contributed by atoms with Gasteiger partial charge in [0, 0.05) is 15.7 Å². The number of hydrogen-bond acceptors (Lipinski definition) is 7. The van der Waals surface area contributed by atoms with Gasteiger partial charge in [0.2, 0.25) is 11.1 Å². The van der Waals surface area contributed by atoms with Crippen LogP contribution in [-0.2, 0) is 21.6 Å². The number of anilines is 1. The highest BCUT2D eigenvalue weighted by molar-refractivity contribution is 9.10. The maximum absolute atomic E-state index is 13.3. The maximum Gasteiger partial charge on any atom is 0.338 e. The third kappa shape index (κ3) is 6.26. The summed E-state index contributed by atoms with van der Waals surface area (Å²) in [7, 11) is 0. The molecule has 0 bridgehead atoms. The van der Waals surface area contributed by atoms with E-state index >= 15 is 0 Å². The zero-order chi connectivity index (χ0) is 27.4. The lowest BCUT2D eigenvalue weighted by atomic mass is 9.87. The standard InChI is InChI=1S/C29H35BrN4O3S/c1-7-15-36-26(35)24-18(3)31-27-32-28(38-8-2)33-34(27)25(24)22-16-21(30)13-14-23(22)37-17-19-9-11-20(12-10-19)29(4,5)6/h9-14,16,25H,7-8,15,17H2,1-6H3,(H,31,32,33). The molecule has 0 fully saturated rings. The molecule has 3 aromatic rings. The molecule has 1 aliphatic heterocycles. The van der Waals surface area contributed by atoms with E-state index in [1.807, 2.05) is 32.0 Å². The molecule has 9 heteroatoms. The summed E-state index contributed by atoms with van der Waals surface area (Å²) in [5.74, 6) is 1.71. The Balaban J connectivity index is 1.74. The van der Waals surface area contributed by atoms with Crippen LogP contribution in [0.5, 0.6) is 5.75 Å². The SMILES string of the molecule is CCCOC(=O)C1=C(C)Nc2nc(SCC)nn2C1c1cc(Br)ccc1OCc1ccc(C(C)(C)C)cc1. The van der Waals surface area contributed by atoms with Crippen molar-refractivity contribution in [2.24, 2.45) is 0 Å². The van der Waals surface area contributed by atoms with Gasteiger partial charge in [0.25, 0.3) is 0 Å². The molecule has 4 rings (SSSR count). The molecular formula is C29H35BrN4O3S. The summed E-state index contributed by atoms with van der Waals surface area (Å²) in [5, 5.41) is 8.66. The van der Waals surface area contributed by atoms with Crippen LogP contribution in [0.4, 0.5) is 5.95 Å². The van der Waals surface area contributed by atoms with Gasteiger partial charge < -0.3 is 14.8 Å². The lowest BCUT2D eigenvalue weighted by Crippen LogP contribution is -2.30. The Hall–Kier alpha value is -2.78. The van der Waals surface area contributed by atoms with Crippen LogP contribution in [0.3, 0.4) is 0 Å². The van der Waals surface area contributed by atoms with Crippen molar-refractivity contribution in [2.45, 2.75) is 71.2 Å². The van der Waals surface area contributed by atoms with Crippen molar-refractivity contribution in [3.05, 3.63) is 74.9 Å². The summed E-state index contributed by atoms with van der Waals surface area (Å²) in [4.78, 5) is 18.0. The highest BCUT2D eigenvalue weighted by Crippen LogP contribution is 2.41. The van der Waals surface area contributed by atoms with E-state index in [9.17, 15) is 4.79 Å². The second-order valence-electron chi connectivity index (χ2n) is 10.2. The topological polar surface area (TPSA) is 78.3 Å². The maximum atomic E-state index is 13.3. The number of thioether (sulfide) groups is 1. The lowest BCUT2D eigenvalue weighted by Gasteiger charge is -2.29. The van der Waals surface area contributed by atoms with Crippen LogP contribution in [0, 0.1) is 0 Å². The van der Waals surface area contributed by atoms with Crippen molar-refractivity contribution in [3.8, 4) is 5.75 Å². The van der Waals surface area contributed by atoms with E-state index in [0.717, 1.165) is 27.8 Å². The number of hydrogen-bond donors (Lipinski definition) is 1. The number of benzene rings is 2. The fourth-order valence-electron chi connectivity index (χ4n) is 4.27. The summed E-state index contributed by atoms with van der Waals surface area (Å²) in [5.41, 5.74) is 4.40. The molecule has 0 amide bonds. The minimum Gasteiger partial charge on any atom is -0.489 e. The first-order valence-corrected chi connectivity index (χ1v) is 14.7. The molecular weight excluding hydrogens is 564 g/mol. The summed E-state index contributed by atoms with van der Waals surface area (Å²) in [6.07, 6.45) is 0.737. The smallest absolute Gasteiger partial charge is 0.338 e. The molecule has 38 heavy (non-hydrogen) atoms. The normalized spacial score (nSPS) is 15.2. The van der Waals surface area contributed by atoms with Crippen LogP contribution in [-0.4, -0.2) is 33.1 Å². The molecule has 0 spiro atoms. The third-order valence-corrected chi connectivity index (χ3v) is 7.46. The number of ether oxygens (including phenoxy) is 2. The number of esters is 1. The van der Waals surface area contributed by atoms with Crippen molar-refractivity contribution in [1.82, 2.24) is 14.8 Å². The highest BCUT2D eigenvalue weighted by Gasteiger charge is 2.37. The molecule has 0 aliphatic carbocycles. The van der Waals surface area contributed by atoms with Gasteiger partial charge in [0.05, 0.1) is 12.2 Å². The first-order valence-electron chi connectivity index (χ1n) is 12.9. The second kappa shape index (κ2) is 11.9. The molecule has 1 N–H and O–H groups in total. The number of fused-ring (bicyclic) bond motifs is 1. The fraction of sp³-hybridized carbons (Fsp3) is 0.414. The average molecular weight is 600 g/mol. The van der Waals surface area contributed by atoms with Crippen LogP contribution in [0.2, 0.25) is 0 Å². The van der Waals surface area contributed by atoms with Crippen LogP contribution in [0.15, 0.2) is 63.4 Å². The number of rotatable bonds is 9. The molecule has 7 nitrogen and oxygen atoms in total. The van der Waals surface area contributed by atoms with Gasteiger partial charge in [-0.25, -0.2) is 9.48 Å². The molecule has 202 valence electrons. The predicted octanol–water partition coefficient (Wildman–Crippen LogP) is 7.27. The van der Waals surface area contributed by atoms with E-state index in [1.165, 1.54) is 5.56 Å². The van der Waals surface area contributed by atoms with Crippen LogP contribution < -0.4 is 10.1 Å². The van der Waals surface area contributed by atoms with Gasteiger partial charge in [-0.2, -0.15) is 4.98 Å². The van der Waals surface area contributed by atoms with Gasteiger partial charge >= 0.3 is 5.97 Å². The minimum absolute atomic E-state index is 0.0880. The summed E-state index contributed by atoms with van der Waals surface area (Å²) >= 11 is 5.17. The molecule has 0 saturated heterocycles. The van der Waals surface area contributed by atoms with Gasteiger partial charge in [-0.05, 0) is 53.8 Å². The Morgan fingerprint density at radius 3 is 2.55 bits per heavy atom. The molecule has 1 aliphatic rings. The first-order chi connectivity index (χ1) is 18.1. The number of aromatic nitrogens is 3. The zero-order valence-electron chi connectivity index (χ0n) is 22.8. The Kier molecular flexibility index (Phi) is 8.88. The van der Waals surface area contributed by atoms with Crippen molar-refractivity contribution in [1.29, 1.82) is 0 Å². The molecule has 0 radical (unpaired) electrons. The Morgan fingerprint density at radius 1 is 1.16 bits per heavy atom. The highest BCUT2D eigenvalue weighted by atomic mass is 79.9. The van der Waals surface area contributed by atoms with E-state index in [2.05, 4.69) is 78.2 Å². The third-order valence-electron chi connectivity index (χ3n) is 6.24. The molecule has 1 unspecified atom stereocenters. The molecule has 0 saturated carbocycles. The lowest BCUT2D eigenvalue weighted by molar-refractivity contribution is -0.139. The molecule has 2 aromatic carbocycles. The number of carbonyl (C=O) groups is 1. The van der Waals surface area contributed by atoms with Gasteiger partial charge in [0.1, 0.15) is 18.4 Å². The van der Waals surface area contributed by atoms with Crippen LogP contribution in [0.1, 0.15) is 70.7 Å². The Labute approximate surface area is 237 Å². The Morgan fingerprint density at radius 2 is 1.89 bits per heavy atom. The van der Waals surface area contributed by atoms with Crippen LogP contribution in [0.25, 0.3) is 0 Å². The zero-order valence-corrected chi connectivity index (χ0v) is 25.2. The second-order valence-corrected chi connectivity index (χ2v) is 12.4. The van der Waals surface area contributed by atoms with E-state index in [-0.39, 0.29) is 11.4 Å². The van der Waals surface area contributed by atoms with Gasteiger partial charge in [0.15, 0.2) is 0 Å². The van der Waals surface area contributed by atoms with Crippen molar-refractivity contribution in [3.63, 3.8) is 0 Å². The largest absolute Gasteiger partial charge is 0.489 e. The number of nitrogens with one attached hydrogen (secondary N) is 1. The predicted molar refractivity (Wildman–Crippen MR) is 156 cm³/mol. The van der Waals surface area contributed by atoms with E-state index in [0.29, 0.717) is 41.3 Å². The number of allylic oxidation sites excluding steroid dienone is 1. The molecule has 1 atom stereocenters.